The number of carbonyl (C=O) groups is 1. The number of sulfonamides is 1. The normalized spacial score (nSPS) is 11.9. The van der Waals surface area contributed by atoms with Gasteiger partial charge in [-0.3, -0.25) is 9.10 Å². The number of nitrogens with zero attached hydrogens (tertiary/aromatic N) is 1. The molecule has 0 spiro atoms. The predicted molar refractivity (Wildman–Crippen MR) is 94.1 cm³/mol. The Balaban J connectivity index is 2.45. The van der Waals surface area contributed by atoms with Crippen molar-refractivity contribution in [2.24, 2.45) is 0 Å². The molecule has 2 rings (SSSR count). The minimum Gasteiger partial charge on any atom is -0.321 e. The van der Waals surface area contributed by atoms with Crippen molar-refractivity contribution < 1.29 is 26.4 Å². The Labute approximate surface area is 153 Å². The van der Waals surface area contributed by atoms with Crippen molar-refractivity contribution in [3.8, 4) is 0 Å². The van der Waals surface area contributed by atoms with E-state index in [9.17, 15) is 26.4 Å². The third-order valence-corrected chi connectivity index (χ3v) is 4.95. The van der Waals surface area contributed by atoms with Crippen LogP contribution >= 0.6 is 11.6 Å². The SMILES string of the molecule is CN(c1ccccc1C(=O)Nc1ccc(Cl)cc1C(F)(F)F)S(C)(=O)=O. The summed E-state index contributed by atoms with van der Waals surface area (Å²) >= 11 is 5.61. The van der Waals surface area contributed by atoms with Gasteiger partial charge in [-0.15, -0.1) is 0 Å². The van der Waals surface area contributed by atoms with E-state index in [2.05, 4.69) is 5.32 Å². The van der Waals surface area contributed by atoms with Crippen LogP contribution in [0.25, 0.3) is 0 Å². The third-order valence-electron chi connectivity index (χ3n) is 3.52. The molecule has 140 valence electrons. The van der Waals surface area contributed by atoms with Gasteiger partial charge in [0, 0.05) is 12.1 Å². The summed E-state index contributed by atoms with van der Waals surface area (Å²) in [4.78, 5) is 12.5. The monoisotopic (exact) mass is 406 g/mol. The van der Waals surface area contributed by atoms with Crippen LogP contribution in [0.5, 0.6) is 0 Å². The van der Waals surface area contributed by atoms with Gasteiger partial charge in [-0.2, -0.15) is 13.2 Å². The number of nitrogens with one attached hydrogen (secondary N) is 1. The first-order valence-electron chi connectivity index (χ1n) is 7.12. The second kappa shape index (κ2) is 7.16. The lowest BCUT2D eigenvalue weighted by Crippen LogP contribution is -2.28. The Hall–Kier alpha value is -2.26. The van der Waals surface area contributed by atoms with Crippen LogP contribution in [-0.4, -0.2) is 27.6 Å². The highest BCUT2D eigenvalue weighted by atomic mass is 35.5. The first kappa shape index (κ1) is 20.1. The summed E-state index contributed by atoms with van der Waals surface area (Å²) in [5, 5.41) is 2.04. The molecule has 0 unspecified atom stereocenters. The lowest BCUT2D eigenvalue weighted by Gasteiger charge is -2.20. The van der Waals surface area contributed by atoms with Crippen LogP contribution in [0, 0.1) is 0 Å². The van der Waals surface area contributed by atoms with Crippen LogP contribution in [0.3, 0.4) is 0 Å². The molecule has 0 atom stereocenters. The summed E-state index contributed by atoms with van der Waals surface area (Å²) in [6, 6.07) is 8.62. The summed E-state index contributed by atoms with van der Waals surface area (Å²) in [5.41, 5.74) is -1.64. The topological polar surface area (TPSA) is 66.5 Å². The zero-order valence-corrected chi connectivity index (χ0v) is 15.2. The molecule has 26 heavy (non-hydrogen) atoms. The van der Waals surface area contributed by atoms with Crippen LogP contribution in [0.1, 0.15) is 15.9 Å². The molecular formula is C16H14ClF3N2O3S. The molecule has 0 heterocycles. The van der Waals surface area contributed by atoms with Gasteiger partial charge >= 0.3 is 6.18 Å². The third kappa shape index (κ3) is 4.47. The summed E-state index contributed by atoms with van der Waals surface area (Å²) in [6.45, 7) is 0. The molecule has 0 saturated heterocycles. The van der Waals surface area contributed by atoms with E-state index in [1.165, 1.54) is 37.4 Å². The number of hydrogen-bond donors (Lipinski definition) is 1. The Kier molecular flexibility index (Phi) is 5.52. The van der Waals surface area contributed by atoms with E-state index in [0.29, 0.717) is 6.07 Å². The number of para-hydroxylation sites is 1. The smallest absolute Gasteiger partial charge is 0.321 e. The molecule has 0 aliphatic rings. The Morgan fingerprint density at radius 2 is 1.77 bits per heavy atom. The van der Waals surface area contributed by atoms with E-state index >= 15 is 0 Å². The molecule has 1 N–H and O–H groups in total. The second-order valence-electron chi connectivity index (χ2n) is 5.39. The van der Waals surface area contributed by atoms with Gasteiger partial charge in [0.15, 0.2) is 0 Å². The standard InChI is InChI=1S/C16H14ClF3N2O3S/c1-22(26(2,24)25)14-6-4-3-5-11(14)15(23)21-13-8-7-10(17)9-12(13)16(18,19)20/h3-9H,1-2H3,(H,21,23). The first-order chi connectivity index (χ1) is 11.9. The Morgan fingerprint density at radius 1 is 1.15 bits per heavy atom. The van der Waals surface area contributed by atoms with Crippen molar-refractivity contribution in [3.63, 3.8) is 0 Å². The summed E-state index contributed by atoms with van der Waals surface area (Å²) in [7, 11) is -2.42. The van der Waals surface area contributed by atoms with E-state index in [1.807, 2.05) is 0 Å². The molecule has 10 heteroatoms. The maximum Gasteiger partial charge on any atom is 0.418 e. The number of anilines is 2. The molecule has 5 nitrogen and oxygen atoms in total. The second-order valence-corrected chi connectivity index (χ2v) is 7.84. The van der Waals surface area contributed by atoms with E-state index in [4.69, 9.17) is 11.6 Å². The van der Waals surface area contributed by atoms with Crippen molar-refractivity contribution in [3.05, 3.63) is 58.6 Å². The van der Waals surface area contributed by atoms with Crippen molar-refractivity contribution >= 4 is 38.9 Å². The van der Waals surface area contributed by atoms with Crippen molar-refractivity contribution in [1.82, 2.24) is 0 Å². The number of halogens is 4. The van der Waals surface area contributed by atoms with Crippen molar-refractivity contribution in [2.75, 3.05) is 22.9 Å². The number of alkyl halides is 3. The zero-order chi connectivity index (χ0) is 19.7. The molecule has 0 aliphatic carbocycles. The zero-order valence-electron chi connectivity index (χ0n) is 13.6. The molecule has 1 amide bonds. The maximum atomic E-state index is 13.1. The quantitative estimate of drug-likeness (QED) is 0.834. The average Bonchev–Trinajstić information content (AvgIpc) is 2.54. The number of rotatable bonds is 4. The van der Waals surface area contributed by atoms with E-state index in [-0.39, 0.29) is 16.3 Å². The van der Waals surface area contributed by atoms with Gasteiger partial charge in [-0.05, 0) is 30.3 Å². The molecule has 0 bridgehead atoms. The lowest BCUT2D eigenvalue weighted by molar-refractivity contribution is -0.136. The van der Waals surface area contributed by atoms with Crippen LogP contribution in [0.2, 0.25) is 5.02 Å². The van der Waals surface area contributed by atoms with Gasteiger partial charge in [0.2, 0.25) is 10.0 Å². The Morgan fingerprint density at radius 3 is 2.35 bits per heavy atom. The number of carbonyl (C=O) groups excluding carboxylic acids is 1. The fourth-order valence-corrected chi connectivity index (χ4v) is 2.86. The van der Waals surface area contributed by atoms with E-state index < -0.39 is 33.4 Å². The fourth-order valence-electron chi connectivity index (χ4n) is 2.17. The molecule has 0 radical (unpaired) electrons. The van der Waals surface area contributed by atoms with Crippen molar-refractivity contribution in [1.29, 1.82) is 0 Å². The first-order valence-corrected chi connectivity index (χ1v) is 9.35. The lowest BCUT2D eigenvalue weighted by atomic mass is 10.1. The average molecular weight is 407 g/mol. The molecule has 2 aromatic carbocycles. The highest BCUT2D eigenvalue weighted by molar-refractivity contribution is 7.92. The molecule has 0 aliphatic heterocycles. The Bertz CT molecular complexity index is 946. The predicted octanol–water partition coefficient (Wildman–Crippen LogP) is 4.01. The van der Waals surface area contributed by atoms with Crippen LogP contribution in [0.15, 0.2) is 42.5 Å². The fraction of sp³-hybridized carbons (Fsp3) is 0.188. The molecular weight excluding hydrogens is 393 g/mol. The maximum absolute atomic E-state index is 13.1. The van der Waals surface area contributed by atoms with Crippen LogP contribution in [-0.2, 0) is 16.2 Å². The highest BCUT2D eigenvalue weighted by Crippen LogP contribution is 2.37. The minimum atomic E-state index is -4.73. The number of amides is 1. The highest BCUT2D eigenvalue weighted by Gasteiger charge is 2.34. The number of benzene rings is 2. The van der Waals surface area contributed by atoms with Gasteiger partial charge in [0.25, 0.3) is 5.91 Å². The van der Waals surface area contributed by atoms with Gasteiger partial charge < -0.3 is 5.32 Å². The van der Waals surface area contributed by atoms with E-state index in [0.717, 1.165) is 16.6 Å². The van der Waals surface area contributed by atoms with Gasteiger partial charge in [-0.25, -0.2) is 8.42 Å². The summed E-state index contributed by atoms with van der Waals surface area (Å²) < 4.78 is 63.7. The van der Waals surface area contributed by atoms with Gasteiger partial charge in [0.1, 0.15) is 0 Å². The van der Waals surface area contributed by atoms with Gasteiger partial charge in [-0.1, -0.05) is 23.7 Å². The van der Waals surface area contributed by atoms with Crippen LogP contribution < -0.4 is 9.62 Å². The van der Waals surface area contributed by atoms with Crippen LogP contribution in [0.4, 0.5) is 24.5 Å². The largest absolute Gasteiger partial charge is 0.418 e. The summed E-state index contributed by atoms with van der Waals surface area (Å²) in [5.74, 6) is -0.885. The molecule has 0 aromatic heterocycles. The number of hydrogen-bond acceptors (Lipinski definition) is 3. The van der Waals surface area contributed by atoms with Crippen molar-refractivity contribution in [2.45, 2.75) is 6.18 Å². The summed E-state index contributed by atoms with van der Waals surface area (Å²) in [6.07, 6.45) is -3.78. The van der Waals surface area contributed by atoms with E-state index in [1.54, 1.807) is 0 Å². The molecule has 0 fully saturated rings. The molecule has 2 aromatic rings. The molecule has 0 saturated carbocycles. The minimum absolute atomic E-state index is 0.0371. The van der Waals surface area contributed by atoms with Gasteiger partial charge in [0.05, 0.1) is 28.8 Å².